The maximum Gasteiger partial charge on any atom is 0.268 e. The number of benzene rings is 2. The van der Waals surface area contributed by atoms with Crippen molar-refractivity contribution in [2.45, 2.75) is 6.42 Å². The fraction of sp³-hybridized carbons (Fsp3) is 0.0385. The second kappa shape index (κ2) is 9.13. The Morgan fingerprint density at radius 3 is 2.41 bits per heavy atom. The quantitative estimate of drug-likeness (QED) is 0.211. The Hall–Kier alpha value is -3.33. The molecule has 0 amide bonds. The van der Waals surface area contributed by atoms with Gasteiger partial charge < -0.3 is 8.94 Å². The first-order chi connectivity index (χ1) is 16.7. The number of halogens is 1. The second-order valence-electron chi connectivity index (χ2n) is 7.55. The molecule has 0 aliphatic heterocycles. The molecule has 166 valence electrons. The fourth-order valence-corrected chi connectivity index (χ4v) is 5.40. The van der Waals surface area contributed by atoms with Gasteiger partial charge in [0.2, 0.25) is 11.7 Å². The lowest BCUT2D eigenvalue weighted by atomic mass is 9.98. The topological polar surface area (TPSA) is 65.0 Å². The van der Waals surface area contributed by atoms with Gasteiger partial charge in [-0.15, -0.1) is 22.7 Å². The molecular weight excluding hydrogens is 530 g/mol. The number of rotatable bonds is 6. The number of aromatic nitrogens is 3. The van der Waals surface area contributed by atoms with Crippen molar-refractivity contribution in [3.8, 4) is 44.2 Å². The Kier molecular flexibility index (Phi) is 5.70. The van der Waals surface area contributed by atoms with Crippen molar-refractivity contribution in [1.82, 2.24) is 15.1 Å². The average molecular weight is 546 g/mol. The molecule has 0 aliphatic carbocycles. The van der Waals surface area contributed by atoms with Crippen LogP contribution in [0.5, 0.6) is 0 Å². The zero-order chi connectivity index (χ0) is 22.9. The maximum absolute atomic E-state index is 6.04. The van der Waals surface area contributed by atoms with Crippen molar-refractivity contribution in [3.05, 3.63) is 99.3 Å². The van der Waals surface area contributed by atoms with Gasteiger partial charge >= 0.3 is 0 Å². The molecule has 0 saturated heterocycles. The zero-order valence-electron chi connectivity index (χ0n) is 17.6. The Morgan fingerprint density at radius 1 is 0.824 bits per heavy atom. The Bertz CT molecular complexity index is 1550. The predicted molar refractivity (Wildman–Crippen MR) is 139 cm³/mol. The van der Waals surface area contributed by atoms with Gasteiger partial charge in [0.1, 0.15) is 0 Å². The van der Waals surface area contributed by atoms with Crippen LogP contribution in [0.25, 0.3) is 44.2 Å². The molecule has 0 spiro atoms. The molecule has 2 aromatic carbocycles. The largest absolute Gasteiger partial charge is 0.435 e. The summed E-state index contributed by atoms with van der Waals surface area (Å²) in [6.45, 7) is 0. The normalized spacial score (nSPS) is 11.2. The third-order valence-corrected chi connectivity index (χ3v) is 7.85. The Balaban J connectivity index is 1.32. The highest BCUT2D eigenvalue weighted by Crippen LogP contribution is 2.33. The highest BCUT2D eigenvalue weighted by Gasteiger charge is 2.16. The molecule has 4 aromatic heterocycles. The van der Waals surface area contributed by atoms with Gasteiger partial charge in [0.25, 0.3) is 5.89 Å². The van der Waals surface area contributed by atoms with Gasteiger partial charge in [-0.3, -0.25) is 0 Å². The standard InChI is InChI=1S/C26H16BrN3O2S2/c27-20-10-9-17(21-15-28-25(31-21)22-7-3-11-33-22)14-18(20)13-16-5-1-2-6-19(16)24-29-26(32-30-24)23-8-4-12-34-23/h1-12,14-15H,13H2. The van der Waals surface area contributed by atoms with Crippen LogP contribution in [0.3, 0.4) is 0 Å². The van der Waals surface area contributed by atoms with Crippen LogP contribution in [0.4, 0.5) is 0 Å². The summed E-state index contributed by atoms with van der Waals surface area (Å²) >= 11 is 6.90. The van der Waals surface area contributed by atoms with Gasteiger partial charge in [-0.25, -0.2) is 4.98 Å². The smallest absolute Gasteiger partial charge is 0.268 e. The van der Waals surface area contributed by atoms with Crippen LogP contribution in [0, 0.1) is 0 Å². The van der Waals surface area contributed by atoms with E-state index >= 15 is 0 Å². The first-order valence-corrected chi connectivity index (χ1v) is 13.0. The van der Waals surface area contributed by atoms with E-state index in [2.05, 4.69) is 43.2 Å². The van der Waals surface area contributed by atoms with Crippen molar-refractivity contribution in [1.29, 1.82) is 0 Å². The molecule has 6 rings (SSSR count). The van der Waals surface area contributed by atoms with Crippen LogP contribution in [0.2, 0.25) is 0 Å². The summed E-state index contributed by atoms with van der Waals surface area (Å²) in [5.41, 5.74) is 4.16. The van der Waals surface area contributed by atoms with Crippen LogP contribution >= 0.6 is 38.6 Å². The lowest BCUT2D eigenvalue weighted by Gasteiger charge is -2.10. The zero-order valence-corrected chi connectivity index (χ0v) is 20.9. The number of oxazole rings is 1. The highest BCUT2D eigenvalue weighted by molar-refractivity contribution is 9.10. The van der Waals surface area contributed by atoms with Crippen LogP contribution in [0.15, 0.2) is 97.1 Å². The number of hydrogen-bond acceptors (Lipinski definition) is 7. The average Bonchev–Trinajstić information content (AvgIpc) is 3.67. The van der Waals surface area contributed by atoms with Gasteiger partial charge in [-0.05, 0) is 52.6 Å². The molecule has 0 fully saturated rings. The van der Waals surface area contributed by atoms with Crippen molar-refractivity contribution < 1.29 is 8.94 Å². The van der Waals surface area contributed by atoms with E-state index in [4.69, 9.17) is 8.94 Å². The van der Waals surface area contributed by atoms with Gasteiger partial charge in [0, 0.05) is 15.6 Å². The van der Waals surface area contributed by atoms with E-state index in [1.165, 1.54) is 0 Å². The monoisotopic (exact) mass is 545 g/mol. The van der Waals surface area contributed by atoms with E-state index in [9.17, 15) is 0 Å². The molecule has 34 heavy (non-hydrogen) atoms. The summed E-state index contributed by atoms with van der Waals surface area (Å²) in [6.07, 6.45) is 2.47. The summed E-state index contributed by atoms with van der Waals surface area (Å²) in [6, 6.07) is 22.3. The minimum Gasteiger partial charge on any atom is -0.435 e. The first-order valence-electron chi connectivity index (χ1n) is 10.5. The molecule has 0 atom stereocenters. The maximum atomic E-state index is 6.04. The third kappa shape index (κ3) is 4.16. The summed E-state index contributed by atoms with van der Waals surface area (Å²) < 4.78 is 12.6. The minimum absolute atomic E-state index is 0.537. The van der Waals surface area contributed by atoms with Crippen LogP contribution < -0.4 is 0 Å². The minimum atomic E-state index is 0.537. The molecule has 0 saturated carbocycles. The molecule has 0 N–H and O–H groups in total. The van der Waals surface area contributed by atoms with Crippen molar-refractivity contribution in [2.75, 3.05) is 0 Å². The van der Waals surface area contributed by atoms with Crippen LogP contribution in [-0.4, -0.2) is 15.1 Å². The van der Waals surface area contributed by atoms with E-state index in [0.29, 0.717) is 24.0 Å². The number of thiophene rings is 2. The van der Waals surface area contributed by atoms with Gasteiger partial charge in [-0.2, -0.15) is 4.98 Å². The lowest BCUT2D eigenvalue weighted by molar-refractivity contribution is 0.433. The molecule has 0 bridgehead atoms. The van der Waals surface area contributed by atoms with Gasteiger partial charge in [0.05, 0.1) is 16.0 Å². The molecule has 0 radical (unpaired) electrons. The highest BCUT2D eigenvalue weighted by atomic mass is 79.9. The van der Waals surface area contributed by atoms with E-state index in [1.54, 1.807) is 28.9 Å². The summed E-state index contributed by atoms with van der Waals surface area (Å²) in [5.74, 6) is 2.50. The van der Waals surface area contributed by atoms with Crippen LogP contribution in [0.1, 0.15) is 11.1 Å². The molecule has 5 nitrogen and oxygen atoms in total. The molecule has 0 unspecified atom stereocenters. The number of hydrogen-bond donors (Lipinski definition) is 0. The lowest BCUT2D eigenvalue weighted by Crippen LogP contribution is -1.95. The number of nitrogens with zero attached hydrogens (tertiary/aromatic N) is 3. The first kappa shape index (κ1) is 21.2. The van der Waals surface area contributed by atoms with Gasteiger partial charge in [-0.1, -0.05) is 63.6 Å². The predicted octanol–water partition coefficient (Wildman–Crippen LogP) is 8.20. The summed E-state index contributed by atoms with van der Waals surface area (Å²) in [7, 11) is 0. The third-order valence-electron chi connectivity index (χ3n) is 5.37. The van der Waals surface area contributed by atoms with Crippen molar-refractivity contribution in [2.24, 2.45) is 0 Å². The fourth-order valence-electron chi connectivity index (χ4n) is 3.72. The van der Waals surface area contributed by atoms with Gasteiger partial charge in [0.15, 0.2) is 5.76 Å². The molecule has 8 heteroatoms. The molecular formula is C26H16BrN3O2S2. The summed E-state index contributed by atoms with van der Waals surface area (Å²) in [4.78, 5) is 11.1. The van der Waals surface area contributed by atoms with E-state index in [1.807, 2.05) is 65.4 Å². The second-order valence-corrected chi connectivity index (χ2v) is 10.3. The molecule has 4 heterocycles. The van der Waals surface area contributed by atoms with E-state index in [-0.39, 0.29) is 0 Å². The van der Waals surface area contributed by atoms with Crippen LogP contribution in [-0.2, 0) is 6.42 Å². The molecule has 6 aromatic rings. The molecule has 0 aliphatic rings. The Labute approximate surface area is 211 Å². The Morgan fingerprint density at radius 2 is 1.62 bits per heavy atom. The van der Waals surface area contributed by atoms with E-state index in [0.717, 1.165) is 42.2 Å². The van der Waals surface area contributed by atoms with Crippen molar-refractivity contribution >= 4 is 38.6 Å². The van der Waals surface area contributed by atoms with E-state index < -0.39 is 0 Å². The summed E-state index contributed by atoms with van der Waals surface area (Å²) in [5, 5.41) is 8.26. The SMILES string of the molecule is Brc1ccc(-c2cnc(-c3cccs3)o2)cc1Cc1ccccc1-c1noc(-c2cccs2)n1. The van der Waals surface area contributed by atoms with Crippen molar-refractivity contribution in [3.63, 3.8) is 0 Å².